The number of unbranched alkanes of at least 4 members (excludes halogenated alkanes) is 4. The molecule has 37 heavy (non-hydrogen) atoms. The molecular formula is C26H33N3O5S3. The van der Waals surface area contributed by atoms with Gasteiger partial charge >= 0.3 is 0 Å². The Morgan fingerprint density at radius 2 is 1.95 bits per heavy atom. The molecule has 1 atom stereocenters. The van der Waals surface area contributed by atoms with Crippen LogP contribution in [0.4, 0.5) is 0 Å². The molecule has 0 bridgehead atoms. The maximum atomic E-state index is 13.2. The van der Waals surface area contributed by atoms with Gasteiger partial charge in [0, 0.05) is 5.75 Å². The molecule has 1 amide bonds. The zero-order valence-electron chi connectivity index (χ0n) is 20.8. The highest BCUT2D eigenvalue weighted by Gasteiger charge is 2.26. The Kier molecular flexibility index (Phi) is 11.4. The number of fused-ring (bicyclic) bond motifs is 1. The Labute approximate surface area is 226 Å². The summed E-state index contributed by atoms with van der Waals surface area (Å²) in [7, 11) is -4.05. The highest BCUT2D eigenvalue weighted by atomic mass is 32.2. The fraction of sp³-hybridized carbons (Fsp3) is 0.385. The Morgan fingerprint density at radius 1 is 1.19 bits per heavy atom. The van der Waals surface area contributed by atoms with Crippen molar-refractivity contribution in [2.45, 2.75) is 60.7 Å². The molecule has 3 aromatic rings. The number of nitrogens with zero attached hydrogens (tertiary/aromatic N) is 1. The summed E-state index contributed by atoms with van der Waals surface area (Å²) in [4.78, 5) is 16.9. The van der Waals surface area contributed by atoms with Gasteiger partial charge in [0.05, 0.1) is 15.1 Å². The lowest BCUT2D eigenvalue weighted by Crippen LogP contribution is -2.47. The number of carbonyl (C=O) groups excluding carboxylic acids is 1. The van der Waals surface area contributed by atoms with Crippen molar-refractivity contribution in [3.05, 3.63) is 60.7 Å². The fourth-order valence-electron chi connectivity index (χ4n) is 3.61. The summed E-state index contributed by atoms with van der Waals surface area (Å²) in [6.45, 7) is 6.15. The van der Waals surface area contributed by atoms with E-state index in [-0.39, 0.29) is 11.3 Å². The molecule has 0 aliphatic rings. The van der Waals surface area contributed by atoms with Gasteiger partial charge in [-0.3, -0.25) is 10.0 Å². The van der Waals surface area contributed by atoms with Gasteiger partial charge in [-0.15, -0.1) is 11.3 Å². The number of rotatable bonds is 16. The van der Waals surface area contributed by atoms with Crippen LogP contribution in [0.15, 0.2) is 64.4 Å². The Bertz CT molecular complexity index is 1280. The lowest BCUT2D eigenvalue weighted by Gasteiger charge is -2.17. The second-order valence-corrected chi connectivity index (χ2v) is 12.6. The summed E-state index contributed by atoms with van der Waals surface area (Å²) >= 11 is 3.15. The molecule has 3 N–H and O–H groups in total. The number of benzene rings is 2. The zero-order valence-corrected chi connectivity index (χ0v) is 23.3. The number of amides is 1. The van der Waals surface area contributed by atoms with Crippen molar-refractivity contribution < 1.29 is 23.2 Å². The van der Waals surface area contributed by atoms with E-state index in [4.69, 9.17) is 4.74 Å². The van der Waals surface area contributed by atoms with Crippen LogP contribution in [0.2, 0.25) is 0 Å². The van der Waals surface area contributed by atoms with Gasteiger partial charge in [0.25, 0.3) is 5.91 Å². The quantitative estimate of drug-likeness (QED) is 0.0710. The van der Waals surface area contributed by atoms with Crippen molar-refractivity contribution in [3.63, 3.8) is 0 Å². The number of nitrogens with one attached hydrogen (secondary N) is 2. The Hall–Kier alpha value is -2.44. The van der Waals surface area contributed by atoms with Crippen LogP contribution in [0.5, 0.6) is 5.75 Å². The van der Waals surface area contributed by atoms with E-state index in [2.05, 4.69) is 23.2 Å². The van der Waals surface area contributed by atoms with Crippen molar-refractivity contribution in [1.82, 2.24) is 15.2 Å². The van der Waals surface area contributed by atoms with Gasteiger partial charge in [0.15, 0.2) is 4.34 Å². The topological polar surface area (TPSA) is 118 Å². The maximum absolute atomic E-state index is 13.2. The summed E-state index contributed by atoms with van der Waals surface area (Å²) in [5.74, 6) is 0.751. The molecular weight excluding hydrogens is 531 g/mol. The van der Waals surface area contributed by atoms with Crippen LogP contribution < -0.4 is 14.9 Å². The third-order valence-electron chi connectivity index (χ3n) is 5.58. The highest BCUT2D eigenvalue weighted by molar-refractivity contribution is 8.01. The first kappa shape index (κ1) is 29.1. The average molecular weight is 564 g/mol. The number of aromatic nitrogens is 1. The molecule has 0 aliphatic heterocycles. The number of thiazole rings is 1. The van der Waals surface area contributed by atoms with Crippen LogP contribution in [0.25, 0.3) is 10.2 Å². The normalized spacial score (nSPS) is 12.4. The third kappa shape index (κ3) is 8.82. The second kappa shape index (κ2) is 14.5. The minimum Gasteiger partial charge on any atom is -0.490 e. The van der Waals surface area contributed by atoms with Gasteiger partial charge in [-0.2, -0.15) is 4.72 Å². The van der Waals surface area contributed by atoms with Crippen LogP contribution in [-0.2, 0) is 21.2 Å². The summed E-state index contributed by atoms with van der Waals surface area (Å²) in [5.41, 5.74) is 2.98. The molecule has 0 unspecified atom stereocenters. The van der Waals surface area contributed by atoms with Gasteiger partial charge in [-0.25, -0.2) is 18.9 Å². The number of ether oxygens (including phenoxy) is 1. The van der Waals surface area contributed by atoms with E-state index < -0.39 is 22.0 Å². The van der Waals surface area contributed by atoms with Crippen LogP contribution in [0.1, 0.15) is 44.6 Å². The van der Waals surface area contributed by atoms with E-state index in [1.54, 1.807) is 59.7 Å². The molecule has 0 saturated carbocycles. The number of hydrogen-bond acceptors (Lipinski definition) is 8. The van der Waals surface area contributed by atoms with Gasteiger partial charge in [-0.1, -0.05) is 69.2 Å². The molecule has 1 heterocycles. The zero-order chi connectivity index (χ0) is 26.7. The van der Waals surface area contributed by atoms with E-state index in [0.29, 0.717) is 17.9 Å². The third-order valence-corrected chi connectivity index (χ3v) is 9.30. The van der Waals surface area contributed by atoms with Crippen molar-refractivity contribution in [3.8, 4) is 5.75 Å². The first-order chi connectivity index (χ1) is 17.9. The number of hydroxylamine groups is 1. The minimum absolute atomic E-state index is 0.0312. The average Bonchev–Trinajstić information content (AvgIpc) is 3.31. The van der Waals surface area contributed by atoms with Crippen LogP contribution in [-0.4, -0.2) is 42.9 Å². The standard InChI is InChI=1S/C26H33N3O5S3/c1-3-5-6-7-8-16-35-26-27-22-14-13-21(18-24(22)36-26)37(32,33)29-23(25(30)28-31)17-19-9-11-20(12-10-19)34-15-4-2/h4,9-14,18,23,29,31H,2-3,5-8,15-17H2,1H3,(H,28,30)/t23-/m1/s1. The molecule has 0 saturated heterocycles. The van der Waals surface area contributed by atoms with Crippen molar-refractivity contribution in [1.29, 1.82) is 0 Å². The monoisotopic (exact) mass is 563 g/mol. The SMILES string of the molecule is C=CCOc1ccc(C[C@@H](NS(=O)(=O)c2ccc3nc(SCCCCCCC)sc3c2)C(=O)NO)cc1. The molecule has 3 rings (SSSR count). The highest BCUT2D eigenvalue weighted by Crippen LogP contribution is 2.31. The van der Waals surface area contributed by atoms with Gasteiger partial charge in [0.1, 0.15) is 18.4 Å². The lowest BCUT2D eigenvalue weighted by molar-refractivity contribution is -0.130. The minimum atomic E-state index is -4.05. The molecule has 0 radical (unpaired) electrons. The summed E-state index contributed by atoms with van der Waals surface area (Å²) < 4.78 is 35.8. The summed E-state index contributed by atoms with van der Waals surface area (Å²) in [5, 5.41) is 9.19. The molecule has 8 nitrogen and oxygen atoms in total. The maximum Gasteiger partial charge on any atom is 0.261 e. The van der Waals surface area contributed by atoms with Crippen LogP contribution in [0, 0.1) is 0 Å². The van der Waals surface area contributed by atoms with Gasteiger partial charge in [-0.05, 0) is 48.7 Å². The molecule has 200 valence electrons. The first-order valence-corrected chi connectivity index (χ1v) is 15.5. The summed E-state index contributed by atoms with van der Waals surface area (Å²) in [6.07, 6.45) is 7.72. The van der Waals surface area contributed by atoms with E-state index in [1.165, 1.54) is 43.1 Å². The van der Waals surface area contributed by atoms with E-state index >= 15 is 0 Å². The largest absolute Gasteiger partial charge is 0.490 e. The Morgan fingerprint density at radius 3 is 2.65 bits per heavy atom. The van der Waals surface area contributed by atoms with Crippen molar-refractivity contribution >= 4 is 49.2 Å². The molecule has 2 aromatic carbocycles. The molecule has 0 spiro atoms. The van der Waals surface area contributed by atoms with Crippen molar-refractivity contribution in [2.24, 2.45) is 0 Å². The lowest BCUT2D eigenvalue weighted by atomic mass is 10.1. The van der Waals surface area contributed by atoms with Crippen LogP contribution in [0.3, 0.4) is 0 Å². The fourth-order valence-corrected chi connectivity index (χ4v) is 7.08. The van der Waals surface area contributed by atoms with Crippen LogP contribution >= 0.6 is 23.1 Å². The van der Waals surface area contributed by atoms with Gasteiger partial charge < -0.3 is 4.74 Å². The van der Waals surface area contributed by atoms with Crippen molar-refractivity contribution in [2.75, 3.05) is 12.4 Å². The number of hydrogen-bond donors (Lipinski definition) is 3. The first-order valence-electron chi connectivity index (χ1n) is 12.2. The molecule has 0 aliphatic carbocycles. The number of sulfonamides is 1. The summed E-state index contributed by atoms with van der Waals surface area (Å²) in [6, 6.07) is 10.4. The number of carbonyl (C=O) groups is 1. The van der Waals surface area contributed by atoms with E-state index in [1.807, 2.05) is 0 Å². The predicted octanol–water partition coefficient (Wildman–Crippen LogP) is 5.32. The number of thioether (sulfide) groups is 1. The Balaban J connectivity index is 1.68. The van der Waals surface area contributed by atoms with E-state index in [9.17, 15) is 18.4 Å². The molecule has 1 aromatic heterocycles. The second-order valence-electron chi connectivity index (χ2n) is 8.47. The van der Waals surface area contributed by atoms with Gasteiger partial charge in [0.2, 0.25) is 10.0 Å². The predicted molar refractivity (Wildman–Crippen MR) is 149 cm³/mol. The molecule has 11 heteroatoms. The smallest absolute Gasteiger partial charge is 0.261 e. The molecule has 0 fully saturated rings. The van der Waals surface area contributed by atoms with E-state index in [0.717, 1.165) is 26.7 Å².